The number of benzene rings is 1. The van der Waals surface area contributed by atoms with E-state index in [1.54, 1.807) is 58.0 Å². The predicted octanol–water partition coefficient (Wildman–Crippen LogP) is -5.12. The van der Waals surface area contributed by atoms with E-state index in [2.05, 4.69) is 59.8 Å². The van der Waals surface area contributed by atoms with Crippen molar-refractivity contribution in [3.63, 3.8) is 0 Å². The minimum Gasteiger partial charge on any atom is -0.480 e. The van der Waals surface area contributed by atoms with E-state index in [-0.39, 0.29) is 36.6 Å². The van der Waals surface area contributed by atoms with Gasteiger partial charge in [0.15, 0.2) is 0 Å². The smallest absolute Gasteiger partial charge is 0.328 e. The second kappa shape index (κ2) is 29.7. The van der Waals surface area contributed by atoms with Crippen molar-refractivity contribution in [1.29, 1.82) is 0 Å². The first kappa shape index (κ1) is 59.0. The Morgan fingerprint density at radius 1 is 0.671 bits per heavy atom. The number of nitrogens with zero attached hydrogens (tertiary/aromatic N) is 1. The molecule has 0 aliphatic rings. The molecule has 0 saturated heterocycles. The van der Waals surface area contributed by atoms with Crippen molar-refractivity contribution in [3.8, 4) is 0 Å². The molecule has 8 unspecified atom stereocenters. The number of aliphatic hydroxyl groups excluding tert-OH is 1. The summed E-state index contributed by atoms with van der Waals surface area (Å²) in [4.78, 5) is 150. The maximum atomic E-state index is 14.1. The second-order valence-corrected chi connectivity index (χ2v) is 17.3. The van der Waals surface area contributed by atoms with Crippen LogP contribution < -0.4 is 59.7 Å². The SMILES string of the molecule is CC(C)CC(NC(=O)C(Cc1c[nH]cn1)NC(=O)C(CCC(N)=O)NC(=O)C(CC(N)=O)NC(=O)C(NC(=O)C(N)Cc1ccccc1)C(C)C)C(=O)NC(CS)C(=O)NCC(=O)NC(CO)C(=O)O. The fraction of sp³-hybridized carbons (Fsp3) is 0.535. The number of aromatic amines is 1. The number of carboxylic acids is 1. The van der Waals surface area contributed by atoms with Crippen molar-refractivity contribution in [2.75, 3.05) is 18.9 Å². The van der Waals surface area contributed by atoms with E-state index in [0.29, 0.717) is 0 Å². The molecule has 0 radical (unpaired) electrons. The van der Waals surface area contributed by atoms with Gasteiger partial charge in [-0.1, -0.05) is 58.0 Å². The van der Waals surface area contributed by atoms with E-state index in [0.717, 1.165) is 5.56 Å². The van der Waals surface area contributed by atoms with Gasteiger partial charge in [0.05, 0.1) is 37.6 Å². The maximum Gasteiger partial charge on any atom is 0.328 e. The lowest BCUT2D eigenvalue weighted by Gasteiger charge is -2.28. The Hall–Kier alpha value is -7.13. The van der Waals surface area contributed by atoms with Gasteiger partial charge in [-0.2, -0.15) is 12.6 Å². The van der Waals surface area contributed by atoms with Crippen LogP contribution in [0, 0.1) is 11.8 Å². The average molecular weight is 1000 g/mol. The quantitative estimate of drug-likeness (QED) is 0.0314. The molecule has 1 aromatic carbocycles. The lowest BCUT2D eigenvalue weighted by atomic mass is 10.0. The highest BCUT2D eigenvalue weighted by atomic mass is 32.1. The molecule has 17 N–H and O–H groups in total. The molecule has 27 heteroatoms. The number of hydrogen-bond donors (Lipinski definition) is 15. The molecule has 70 heavy (non-hydrogen) atoms. The Morgan fingerprint density at radius 2 is 1.24 bits per heavy atom. The number of aliphatic hydroxyl groups is 1. The van der Waals surface area contributed by atoms with Crippen molar-refractivity contribution in [2.24, 2.45) is 29.0 Å². The van der Waals surface area contributed by atoms with Crippen LogP contribution >= 0.6 is 12.6 Å². The summed E-state index contributed by atoms with van der Waals surface area (Å²) in [6.45, 7) is 5.04. The first-order valence-corrected chi connectivity index (χ1v) is 22.8. The number of nitrogens with one attached hydrogen (secondary N) is 9. The number of primary amides is 2. The summed E-state index contributed by atoms with van der Waals surface area (Å²) in [6.07, 6.45) is 0.858. The summed E-state index contributed by atoms with van der Waals surface area (Å²) in [7, 11) is 0. The van der Waals surface area contributed by atoms with Gasteiger partial charge in [0, 0.05) is 24.8 Å². The number of aliphatic carboxylic acids is 1. The molecule has 8 atom stereocenters. The van der Waals surface area contributed by atoms with Crippen LogP contribution in [0.5, 0.6) is 0 Å². The number of thiol groups is 1. The van der Waals surface area contributed by atoms with E-state index in [4.69, 9.17) is 27.4 Å². The molecule has 386 valence electrons. The Kier molecular flexibility index (Phi) is 25.0. The minimum absolute atomic E-state index is 0.00615. The number of nitrogens with two attached hydrogens (primary N) is 3. The van der Waals surface area contributed by atoms with Gasteiger partial charge in [-0.15, -0.1) is 0 Å². The standard InChI is InChI=1S/C43H65N13O13S/c1-21(2)12-27(39(64)55-31(19-70)37(62)48-17-34(60)50-30(18-57)43(68)69)52-40(65)28(14-24-16-47-20-49-24)53-38(63)26(10-11-32(45)58)51-41(66)29(15-33(46)59)54-42(67)35(22(3)4)56-36(61)25(44)13-23-8-6-5-7-9-23/h5-9,16,20-22,25-31,35,57,70H,10-15,17-19,44H2,1-4H3,(H2,45,58)(H2,46,59)(H,47,49)(H,48,62)(H,50,60)(H,51,66)(H,52,65)(H,53,63)(H,54,67)(H,55,64)(H,56,61)(H,68,69). The summed E-state index contributed by atoms with van der Waals surface area (Å²) < 4.78 is 0. The van der Waals surface area contributed by atoms with Crippen LogP contribution in [0.15, 0.2) is 42.9 Å². The molecule has 0 spiro atoms. The van der Waals surface area contributed by atoms with E-state index >= 15 is 0 Å². The number of imidazole rings is 1. The van der Waals surface area contributed by atoms with Crippen LogP contribution in [0.25, 0.3) is 0 Å². The van der Waals surface area contributed by atoms with Gasteiger partial charge < -0.3 is 74.9 Å². The number of H-pyrrole nitrogens is 1. The van der Waals surface area contributed by atoms with Gasteiger partial charge in [-0.05, 0) is 36.7 Å². The van der Waals surface area contributed by atoms with Crippen LogP contribution in [0.2, 0.25) is 0 Å². The highest BCUT2D eigenvalue weighted by molar-refractivity contribution is 7.80. The zero-order chi connectivity index (χ0) is 52.7. The maximum absolute atomic E-state index is 14.1. The second-order valence-electron chi connectivity index (χ2n) is 16.9. The van der Waals surface area contributed by atoms with Crippen LogP contribution in [0.4, 0.5) is 0 Å². The fourth-order valence-electron chi connectivity index (χ4n) is 6.51. The molecule has 0 saturated carbocycles. The van der Waals surface area contributed by atoms with Crippen molar-refractivity contribution in [2.45, 2.75) is 115 Å². The molecule has 26 nitrogen and oxygen atoms in total. The lowest BCUT2D eigenvalue weighted by Crippen LogP contribution is -2.61. The third kappa shape index (κ3) is 21.0. The predicted molar refractivity (Wildman–Crippen MR) is 252 cm³/mol. The van der Waals surface area contributed by atoms with E-state index in [1.165, 1.54) is 12.5 Å². The minimum atomic E-state index is -1.72. The van der Waals surface area contributed by atoms with Gasteiger partial charge in [-0.3, -0.25) is 47.9 Å². The molecule has 0 fully saturated rings. The third-order valence-corrected chi connectivity index (χ3v) is 10.6. The monoisotopic (exact) mass is 1000 g/mol. The highest BCUT2D eigenvalue weighted by Gasteiger charge is 2.35. The van der Waals surface area contributed by atoms with E-state index < -0.39 is 152 Å². The molecule has 0 bridgehead atoms. The summed E-state index contributed by atoms with van der Waals surface area (Å²) >= 11 is 4.11. The van der Waals surface area contributed by atoms with Crippen molar-refractivity contribution in [1.82, 2.24) is 52.5 Å². The molecular weight excluding hydrogens is 939 g/mol. The van der Waals surface area contributed by atoms with E-state index in [1.807, 2.05) is 5.32 Å². The number of carbonyl (C=O) groups excluding carboxylic acids is 10. The van der Waals surface area contributed by atoms with E-state index in [9.17, 15) is 52.7 Å². The topological polar surface area (TPSA) is 431 Å². The molecule has 0 aliphatic heterocycles. The lowest BCUT2D eigenvalue weighted by molar-refractivity contribution is -0.143. The van der Waals surface area contributed by atoms with Gasteiger partial charge in [0.2, 0.25) is 59.1 Å². The van der Waals surface area contributed by atoms with Crippen molar-refractivity contribution in [3.05, 3.63) is 54.1 Å². The molecule has 0 aliphatic carbocycles. The first-order valence-electron chi connectivity index (χ1n) is 22.1. The molecule has 2 rings (SSSR count). The van der Waals surface area contributed by atoms with Gasteiger partial charge in [0.25, 0.3) is 0 Å². The van der Waals surface area contributed by atoms with Crippen molar-refractivity contribution >= 4 is 77.7 Å². The Balaban J connectivity index is 2.33. The van der Waals surface area contributed by atoms with Crippen LogP contribution in [0.1, 0.15) is 64.6 Å². The molecular formula is C43H65N13O13S. The van der Waals surface area contributed by atoms with Crippen LogP contribution in [-0.4, -0.2) is 152 Å². The molecule has 1 heterocycles. The number of amides is 10. The number of hydrogen-bond acceptors (Lipinski definition) is 15. The Morgan fingerprint density at radius 3 is 1.79 bits per heavy atom. The summed E-state index contributed by atoms with van der Waals surface area (Å²) in [5.74, 6) is -12.0. The largest absolute Gasteiger partial charge is 0.480 e. The third-order valence-electron chi connectivity index (χ3n) is 10.2. The Labute approximate surface area is 408 Å². The van der Waals surface area contributed by atoms with Crippen LogP contribution in [-0.2, 0) is 65.6 Å². The van der Waals surface area contributed by atoms with Gasteiger partial charge in [-0.25, -0.2) is 9.78 Å². The number of carbonyl (C=O) groups is 11. The Bertz CT molecular complexity index is 2130. The molecule has 2 aromatic rings. The fourth-order valence-corrected chi connectivity index (χ4v) is 6.77. The van der Waals surface area contributed by atoms with Gasteiger partial charge in [0.1, 0.15) is 42.3 Å². The summed E-state index contributed by atoms with van der Waals surface area (Å²) in [6, 6.07) is -2.71. The molecule has 10 amide bonds. The zero-order valence-electron chi connectivity index (χ0n) is 39.2. The zero-order valence-corrected chi connectivity index (χ0v) is 40.1. The van der Waals surface area contributed by atoms with Crippen molar-refractivity contribution < 1.29 is 63.0 Å². The molecule has 1 aromatic heterocycles. The average Bonchev–Trinajstić information content (AvgIpc) is 3.81. The number of aromatic nitrogens is 2. The van der Waals surface area contributed by atoms with Gasteiger partial charge >= 0.3 is 5.97 Å². The number of carboxylic acid groups (broad SMARTS) is 1. The summed E-state index contributed by atoms with van der Waals surface area (Å²) in [5, 5.41) is 37.3. The highest BCUT2D eigenvalue weighted by Crippen LogP contribution is 2.11. The first-order chi connectivity index (χ1) is 32.9. The summed E-state index contributed by atoms with van der Waals surface area (Å²) in [5.41, 5.74) is 18.0. The number of rotatable bonds is 31. The van der Waals surface area contributed by atoms with Crippen LogP contribution in [0.3, 0.4) is 0 Å². The normalized spacial score (nSPS) is 14.5.